The number of rotatable bonds is 9. The molecule has 0 bridgehead atoms. The van der Waals surface area contributed by atoms with E-state index < -0.39 is 10.0 Å². The van der Waals surface area contributed by atoms with E-state index in [2.05, 4.69) is 27.3 Å². The van der Waals surface area contributed by atoms with E-state index in [-0.39, 0.29) is 35.8 Å². The molecule has 25 heavy (non-hydrogen) atoms. The molecule has 0 radical (unpaired) electrons. The molecule has 0 heterocycles. The van der Waals surface area contributed by atoms with Crippen molar-refractivity contribution in [3.63, 3.8) is 0 Å². The van der Waals surface area contributed by atoms with Gasteiger partial charge in [0, 0.05) is 19.1 Å². The first kappa shape index (κ1) is 24.1. The van der Waals surface area contributed by atoms with Crippen LogP contribution in [0.4, 0.5) is 0 Å². The van der Waals surface area contributed by atoms with Crippen LogP contribution in [0.2, 0.25) is 0 Å². The summed E-state index contributed by atoms with van der Waals surface area (Å²) in [5.74, 6) is 0.716. The largest absolute Gasteiger partial charge is 0.357 e. The van der Waals surface area contributed by atoms with Crippen LogP contribution in [0.5, 0.6) is 0 Å². The van der Waals surface area contributed by atoms with Gasteiger partial charge in [0.15, 0.2) is 5.96 Å². The highest BCUT2D eigenvalue weighted by Crippen LogP contribution is 2.13. The Bertz CT molecular complexity index is 633. The summed E-state index contributed by atoms with van der Waals surface area (Å²) in [6.45, 7) is 9.81. The number of guanidine groups is 1. The monoisotopic (exact) mass is 482 g/mol. The molecule has 1 aromatic carbocycles. The third kappa shape index (κ3) is 10.0. The number of sulfonamides is 1. The summed E-state index contributed by atoms with van der Waals surface area (Å²) in [6, 6.07) is 7.42. The molecule has 0 saturated carbocycles. The molecule has 0 atom stereocenters. The predicted molar refractivity (Wildman–Crippen MR) is 116 cm³/mol. The molecule has 0 aliphatic rings. The standard InChI is InChI=1S/C17H30N4O2S.HI/c1-5-11-19-17(18-6-2)20-12-15-9-7-8-10-16(15)13-24(22,23)21-14(3)4;/h7-10,14,21H,5-6,11-13H2,1-4H3,(H2,18,19,20);1H. The summed E-state index contributed by atoms with van der Waals surface area (Å²) >= 11 is 0. The molecule has 1 aromatic rings. The van der Waals surface area contributed by atoms with Gasteiger partial charge in [-0.1, -0.05) is 31.2 Å². The summed E-state index contributed by atoms with van der Waals surface area (Å²) in [5.41, 5.74) is 1.70. The van der Waals surface area contributed by atoms with E-state index in [1.807, 2.05) is 45.0 Å². The Morgan fingerprint density at radius 2 is 1.76 bits per heavy atom. The van der Waals surface area contributed by atoms with Gasteiger partial charge in [0.25, 0.3) is 0 Å². The Morgan fingerprint density at radius 1 is 1.12 bits per heavy atom. The highest BCUT2D eigenvalue weighted by molar-refractivity contribution is 14.0. The van der Waals surface area contributed by atoms with Gasteiger partial charge in [-0.3, -0.25) is 0 Å². The van der Waals surface area contributed by atoms with Crippen LogP contribution in [0, 0.1) is 0 Å². The Kier molecular flexibility index (Phi) is 12.0. The van der Waals surface area contributed by atoms with Gasteiger partial charge in [-0.05, 0) is 38.3 Å². The molecule has 6 nitrogen and oxygen atoms in total. The maximum Gasteiger partial charge on any atom is 0.216 e. The summed E-state index contributed by atoms with van der Waals surface area (Å²) < 4.78 is 27.0. The maximum absolute atomic E-state index is 12.2. The van der Waals surface area contributed by atoms with E-state index in [1.54, 1.807) is 0 Å². The van der Waals surface area contributed by atoms with E-state index in [4.69, 9.17) is 0 Å². The average Bonchev–Trinajstić information content (AvgIpc) is 2.49. The quantitative estimate of drug-likeness (QED) is 0.287. The van der Waals surface area contributed by atoms with Crippen LogP contribution in [0.3, 0.4) is 0 Å². The van der Waals surface area contributed by atoms with Crippen LogP contribution in [0.25, 0.3) is 0 Å². The van der Waals surface area contributed by atoms with Crippen molar-refractivity contribution < 1.29 is 8.42 Å². The fourth-order valence-electron chi connectivity index (χ4n) is 2.21. The molecule has 0 aromatic heterocycles. The van der Waals surface area contributed by atoms with E-state index in [0.717, 1.165) is 36.6 Å². The second-order valence-corrected chi connectivity index (χ2v) is 7.68. The average molecular weight is 482 g/mol. The van der Waals surface area contributed by atoms with Crippen LogP contribution in [-0.2, 0) is 22.3 Å². The molecule has 144 valence electrons. The molecule has 3 N–H and O–H groups in total. The van der Waals surface area contributed by atoms with Crippen LogP contribution >= 0.6 is 24.0 Å². The first-order valence-corrected chi connectivity index (χ1v) is 10.1. The highest BCUT2D eigenvalue weighted by Gasteiger charge is 2.15. The topological polar surface area (TPSA) is 82.6 Å². The van der Waals surface area contributed by atoms with E-state index in [9.17, 15) is 8.42 Å². The van der Waals surface area contributed by atoms with Crippen molar-refractivity contribution in [1.29, 1.82) is 0 Å². The molecule has 0 fully saturated rings. The normalized spacial score (nSPS) is 12.0. The van der Waals surface area contributed by atoms with E-state index >= 15 is 0 Å². The lowest BCUT2D eigenvalue weighted by molar-refractivity contribution is 0.569. The van der Waals surface area contributed by atoms with Crippen LogP contribution in [0.1, 0.15) is 45.2 Å². The third-order valence-electron chi connectivity index (χ3n) is 3.17. The van der Waals surface area contributed by atoms with Crippen molar-refractivity contribution in [1.82, 2.24) is 15.4 Å². The smallest absolute Gasteiger partial charge is 0.216 e. The van der Waals surface area contributed by atoms with Crippen molar-refractivity contribution in [2.24, 2.45) is 4.99 Å². The van der Waals surface area contributed by atoms with Gasteiger partial charge in [-0.2, -0.15) is 0 Å². The molecule has 0 amide bonds. The third-order valence-corrected chi connectivity index (χ3v) is 4.69. The maximum atomic E-state index is 12.2. The first-order valence-electron chi connectivity index (χ1n) is 8.47. The molecule has 0 spiro atoms. The molecular weight excluding hydrogens is 451 g/mol. The van der Waals surface area contributed by atoms with Crippen molar-refractivity contribution in [3.05, 3.63) is 35.4 Å². The molecule has 0 saturated heterocycles. The molecule has 8 heteroatoms. The Hall–Kier alpha value is -0.870. The van der Waals surface area contributed by atoms with Gasteiger partial charge in [-0.15, -0.1) is 24.0 Å². The minimum atomic E-state index is -3.35. The van der Waals surface area contributed by atoms with Gasteiger partial charge in [-0.25, -0.2) is 18.1 Å². The SMILES string of the molecule is CCCNC(=NCc1ccccc1CS(=O)(=O)NC(C)C)NCC.I. The zero-order valence-electron chi connectivity index (χ0n) is 15.5. The number of nitrogens with zero attached hydrogens (tertiary/aromatic N) is 1. The van der Waals surface area contributed by atoms with Crippen molar-refractivity contribution in [2.45, 2.75) is 52.5 Å². The van der Waals surface area contributed by atoms with Gasteiger partial charge in [0.05, 0.1) is 12.3 Å². The summed E-state index contributed by atoms with van der Waals surface area (Å²) in [7, 11) is -3.35. The number of hydrogen-bond acceptors (Lipinski definition) is 3. The fraction of sp³-hybridized carbons (Fsp3) is 0.588. The zero-order valence-corrected chi connectivity index (χ0v) is 18.6. The van der Waals surface area contributed by atoms with E-state index in [0.29, 0.717) is 6.54 Å². The van der Waals surface area contributed by atoms with Crippen LogP contribution in [0.15, 0.2) is 29.3 Å². The predicted octanol–water partition coefficient (Wildman–Crippen LogP) is 2.60. The van der Waals surface area contributed by atoms with Gasteiger partial charge < -0.3 is 10.6 Å². The lowest BCUT2D eigenvalue weighted by atomic mass is 10.1. The van der Waals surface area contributed by atoms with E-state index in [1.165, 1.54) is 0 Å². The Morgan fingerprint density at radius 3 is 2.32 bits per heavy atom. The van der Waals surface area contributed by atoms with Gasteiger partial charge in [0.2, 0.25) is 10.0 Å². The summed E-state index contributed by atoms with van der Waals surface area (Å²) in [4.78, 5) is 4.55. The number of nitrogens with one attached hydrogen (secondary N) is 3. The minimum absolute atomic E-state index is 0. The van der Waals surface area contributed by atoms with Crippen molar-refractivity contribution in [2.75, 3.05) is 13.1 Å². The Labute approximate surface area is 169 Å². The number of aliphatic imine (C=N–C) groups is 1. The zero-order chi connectivity index (χ0) is 18.0. The van der Waals surface area contributed by atoms with Crippen LogP contribution < -0.4 is 15.4 Å². The second kappa shape index (κ2) is 12.5. The first-order chi connectivity index (χ1) is 11.4. The fourth-order valence-corrected chi connectivity index (χ4v) is 3.70. The lowest BCUT2D eigenvalue weighted by Gasteiger charge is -2.13. The number of hydrogen-bond donors (Lipinski definition) is 3. The lowest BCUT2D eigenvalue weighted by Crippen LogP contribution is -2.37. The highest BCUT2D eigenvalue weighted by atomic mass is 127. The number of benzene rings is 1. The van der Waals surface area contributed by atoms with Crippen molar-refractivity contribution >= 4 is 40.0 Å². The molecule has 0 unspecified atom stereocenters. The van der Waals surface area contributed by atoms with Crippen molar-refractivity contribution in [3.8, 4) is 0 Å². The minimum Gasteiger partial charge on any atom is -0.357 e. The molecule has 1 rings (SSSR count). The Balaban J connectivity index is 0.00000576. The molecule has 0 aliphatic carbocycles. The second-order valence-electron chi connectivity index (χ2n) is 5.92. The molecule has 0 aliphatic heterocycles. The van der Waals surface area contributed by atoms with Gasteiger partial charge >= 0.3 is 0 Å². The summed E-state index contributed by atoms with van der Waals surface area (Å²) in [5, 5.41) is 6.43. The molecular formula is C17H31IN4O2S. The van der Waals surface area contributed by atoms with Gasteiger partial charge in [0.1, 0.15) is 0 Å². The number of halogens is 1. The summed E-state index contributed by atoms with van der Waals surface area (Å²) in [6.07, 6.45) is 1.01. The van der Waals surface area contributed by atoms with Crippen LogP contribution in [-0.4, -0.2) is 33.5 Å².